The first kappa shape index (κ1) is 14.9. The number of hydrogen-bond acceptors (Lipinski definition) is 4. The fourth-order valence-corrected chi connectivity index (χ4v) is 1.81. The van der Waals surface area contributed by atoms with Gasteiger partial charge in [0.2, 0.25) is 0 Å². The van der Waals surface area contributed by atoms with E-state index in [1.54, 1.807) is 6.92 Å². The Hall–Kier alpha value is -2.19. The van der Waals surface area contributed by atoms with Gasteiger partial charge in [-0.05, 0) is 42.7 Å². The molecule has 1 heterocycles. The lowest BCUT2D eigenvalue weighted by atomic mass is 10.3. The Kier molecular flexibility index (Phi) is 6.27. The number of thiophene rings is 1. The van der Waals surface area contributed by atoms with Crippen LogP contribution in [0.15, 0.2) is 12.1 Å². The van der Waals surface area contributed by atoms with Gasteiger partial charge >= 0.3 is 5.97 Å². The van der Waals surface area contributed by atoms with E-state index in [1.165, 1.54) is 18.3 Å². The van der Waals surface area contributed by atoms with Crippen molar-refractivity contribution < 1.29 is 14.6 Å². The third-order valence-electron chi connectivity index (χ3n) is 1.81. The molecule has 1 atom stereocenters. The molecule has 0 fully saturated rings. The Labute approximate surface area is 116 Å². The Bertz CT molecular complexity index is 623. The van der Waals surface area contributed by atoms with Crippen LogP contribution in [0.5, 0.6) is 0 Å². The van der Waals surface area contributed by atoms with Crippen molar-refractivity contribution in [2.75, 3.05) is 6.61 Å². The highest BCUT2D eigenvalue weighted by atomic mass is 32.1. The maximum Gasteiger partial charge on any atom is 0.303 e. The average Bonchev–Trinajstić information content (AvgIpc) is 2.82. The lowest BCUT2D eigenvalue weighted by Crippen LogP contribution is -2.18. The highest BCUT2D eigenvalue weighted by Crippen LogP contribution is 2.13. The molecule has 19 heavy (non-hydrogen) atoms. The minimum Gasteiger partial charge on any atom is -0.447 e. The highest BCUT2D eigenvalue weighted by molar-refractivity contribution is 7.13. The van der Waals surface area contributed by atoms with Crippen LogP contribution < -0.4 is 0 Å². The van der Waals surface area contributed by atoms with Crippen LogP contribution in [0.1, 0.15) is 23.6 Å². The number of hydrogen-bond donors (Lipinski definition) is 1. The summed E-state index contributed by atoms with van der Waals surface area (Å²) >= 11 is 1.42. The first-order chi connectivity index (χ1) is 9.15. The van der Waals surface area contributed by atoms with Gasteiger partial charge in [0.25, 0.3) is 0 Å². The van der Waals surface area contributed by atoms with Crippen molar-refractivity contribution in [3.8, 4) is 35.5 Å². The quantitative estimate of drug-likeness (QED) is 0.654. The van der Waals surface area contributed by atoms with Gasteiger partial charge in [0.15, 0.2) is 6.10 Å². The third kappa shape index (κ3) is 5.80. The normalized spacial score (nSPS) is 9.84. The van der Waals surface area contributed by atoms with Gasteiger partial charge in [-0.1, -0.05) is 11.8 Å². The van der Waals surface area contributed by atoms with Crippen LogP contribution in [0.3, 0.4) is 0 Å². The second-order valence-electron chi connectivity index (χ2n) is 3.34. The molecule has 1 N–H and O–H groups in total. The average molecular weight is 272 g/mol. The second kappa shape index (κ2) is 8.01. The van der Waals surface area contributed by atoms with Crippen LogP contribution in [-0.2, 0) is 9.53 Å². The van der Waals surface area contributed by atoms with Gasteiger partial charge in [-0.25, -0.2) is 0 Å². The Balaban J connectivity index is 2.75. The summed E-state index contributed by atoms with van der Waals surface area (Å²) in [6, 6.07) is 3.67. The molecular formula is C15H12O3S. The molecule has 0 aliphatic rings. The maximum absolute atomic E-state index is 10.7. The molecule has 0 bridgehead atoms. The molecule has 1 rings (SSSR count). The zero-order valence-corrected chi connectivity index (χ0v) is 11.4. The van der Waals surface area contributed by atoms with Crippen molar-refractivity contribution in [2.24, 2.45) is 0 Å². The van der Waals surface area contributed by atoms with Gasteiger partial charge in [-0.15, -0.1) is 11.3 Å². The van der Waals surface area contributed by atoms with Crippen molar-refractivity contribution >= 4 is 17.3 Å². The lowest BCUT2D eigenvalue weighted by Gasteiger charge is -2.05. The van der Waals surface area contributed by atoms with Crippen molar-refractivity contribution in [2.45, 2.75) is 20.0 Å². The van der Waals surface area contributed by atoms with Crippen molar-refractivity contribution in [1.82, 2.24) is 0 Å². The largest absolute Gasteiger partial charge is 0.447 e. The summed E-state index contributed by atoms with van der Waals surface area (Å²) in [6.07, 6.45) is -0.792. The summed E-state index contributed by atoms with van der Waals surface area (Å²) in [5, 5.41) is 8.99. The number of rotatable bonds is 2. The van der Waals surface area contributed by atoms with Crippen molar-refractivity contribution in [1.29, 1.82) is 0 Å². The molecule has 96 valence electrons. The SMILES string of the molecule is CC#CC#Cc1ccc(C#C[C@H](CO)OC(C)=O)s1. The summed E-state index contributed by atoms with van der Waals surface area (Å²) in [4.78, 5) is 12.4. The standard InChI is InChI=1S/C15H12O3S/c1-3-4-5-6-14-9-10-15(19-14)8-7-13(11-16)18-12(2)17/h9-10,13,16H,11H2,1-2H3/t13-/m1/s1. The number of carbonyl (C=O) groups excluding carboxylic acids is 1. The molecule has 0 aliphatic carbocycles. The van der Waals surface area contributed by atoms with Crippen molar-refractivity contribution in [3.05, 3.63) is 21.9 Å². The van der Waals surface area contributed by atoms with E-state index in [-0.39, 0.29) is 6.61 Å². The smallest absolute Gasteiger partial charge is 0.303 e. The Morgan fingerprint density at radius 3 is 2.63 bits per heavy atom. The van der Waals surface area contributed by atoms with E-state index in [1.807, 2.05) is 12.1 Å². The van der Waals surface area contributed by atoms with Gasteiger partial charge in [0.05, 0.1) is 16.4 Å². The fourth-order valence-electron chi connectivity index (χ4n) is 1.09. The molecular weight excluding hydrogens is 260 g/mol. The molecule has 1 aromatic heterocycles. The van der Waals surface area contributed by atoms with E-state index in [9.17, 15) is 4.79 Å². The predicted molar refractivity (Wildman–Crippen MR) is 74.2 cm³/mol. The molecule has 0 saturated heterocycles. The first-order valence-corrected chi connectivity index (χ1v) is 6.29. The van der Waals surface area contributed by atoms with Crippen molar-refractivity contribution in [3.63, 3.8) is 0 Å². The number of ether oxygens (including phenoxy) is 1. The Morgan fingerprint density at radius 2 is 2.05 bits per heavy atom. The molecule has 1 aromatic rings. The zero-order valence-electron chi connectivity index (χ0n) is 10.6. The molecule has 0 aliphatic heterocycles. The summed E-state index contributed by atoms with van der Waals surface area (Å²) in [5.41, 5.74) is 0. The van der Waals surface area contributed by atoms with Gasteiger partial charge < -0.3 is 9.84 Å². The number of aliphatic hydroxyl groups excluding tert-OH is 1. The summed E-state index contributed by atoms with van der Waals surface area (Å²) in [6.45, 7) is 2.68. The molecule has 4 heteroatoms. The van der Waals surface area contributed by atoms with Crippen LogP contribution in [-0.4, -0.2) is 23.8 Å². The molecule has 0 aromatic carbocycles. The van der Waals surface area contributed by atoms with Crippen LogP contribution in [0.25, 0.3) is 0 Å². The van der Waals surface area contributed by atoms with E-state index in [0.29, 0.717) is 0 Å². The third-order valence-corrected chi connectivity index (χ3v) is 2.73. The Morgan fingerprint density at radius 1 is 1.37 bits per heavy atom. The van der Waals surface area contributed by atoms with Gasteiger partial charge in [-0.2, -0.15) is 0 Å². The number of carbonyl (C=O) groups is 1. The van der Waals surface area contributed by atoms with Gasteiger partial charge in [0, 0.05) is 6.92 Å². The van der Waals surface area contributed by atoms with E-state index < -0.39 is 12.1 Å². The van der Waals surface area contributed by atoms with Crippen LogP contribution in [0, 0.1) is 35.5 Å². The van der Waals surface area contributed by atoms with E-state index in [4.69, 9.17) is 9.84 Å². The highest BCUT2D eigenvalue weighted by Gasteiger charge is 2.05. The summed E-state index contributed by atoms with van der Waals surface area (Å²) in [5.74, 6) is 16.0. The lowest BCUT2D eigenvalue weighted by molar-refractivity contribution is -0.145. The van der Waals surface area contributed by atoms with E-state index in [2.05, 4.69) is 35.5 Å². The predicted octanol–water partition coefficient (Wildman–Crippen LogP) is 1.40. The summed E-state index contributed by atoms with van der Waals surface area (Å²) in [7, 11) is 0. The van der Waals surface area contributed by atoms with Crippen LogP contribution in [0.4, 0.5) is 0 Å². The molecule has 0 saturated carbocycles. The molecule has 0 amide bonds. The van der Waals surface area contributed by atoms with Crippen LogP contribution >= 0.6 is 11.3 Å². The topological polar surface area (TPSA) is 46.5 Å². The van der Waals surface area contributed by atoms with Crippen LogP contribution in [0.2, 0.25) is 0 Å². The van der Waals surface area contributed by atoms with Gasteiger partial charge in [0.1, 0.15) is 0 Å². The fraction of sp³-hybridized carbons (Fsp3) is 0.267. The minimum atomic E-state index is -0.792. The van der Waals surface area contributed by atoms with E-state index >= 15 is 0 Å². The number of esters is 1. The molecule has 0 spiro atoms. The maximum atomic E-state index is 10.7. The van der Waals surface area contributed by atoms with E-state index in [0.717, 1.165) is 9.75 Å². The zero-order chi connectivity index (χ0) is 14.1. The first-order valence-electron chi connectivity index (χ1n) is 5.48. The molecule has 0 unspecified atom stereocenters. The minimum absolute atomic E-state index is 0.323. The van der Waals surface area contributed by atoms with Gasteiger partial charge in [-0.3, -0.25) is 4.79 Å². The summed E-state index contributed by atoms with van der Waals surface area (Å²) < 4.78 is 4.80. The molecule has 3 nitrogen and oxygen atoms in total. The molecule has 0 radical (unpaired) electrons. The monoisotopic (exact) mass is 272 g/mol. The second-order valence-corrected chi connectivity index (χ2v) is 4.42. The number of aliphatic hydroxyl groups is 1.